The Labute approximate surface area is 111 Å². The van der Waals surface area contributed by atoms with Crippen LogP contribution in [0.5, 0.6) is 5.75 Å². The molecular formula is C14H17NO4. The van der Waals surface area contributed by atoms with Crippen LogP contribution in [0.4, 0.5) is 0 Å². The largest absolute Gasteiger partial charge is 0.497 e. The summed E-state index contributed by atoms with van der Waals surface area (Å²) < 4.78 is 5.08. The van der Waals surface area contributed by atoms with Crippen molar-refractivity contribution in [2.24, 2.45) is 0 Å². The Morgan fingerprint density at radius 2 is 1.89 bits per heavy atom. The molecule has 102 valence electrons. The van der Waals surface area contributed by atoms with E-state index in [9.17, 15) is 9.59 Å². The predicted octanol–water partition coefficient (Wildman–Crippen LogP) is 1.32. The van der Waals surface area contributed by atoms with E-state index in [0.29, 0.717) is 0 Å². The number of carboxylic acid groups (broad SMARTS) is 1. The summed E-state index contributed by atoms with van der Waals surface area (Å²) in [6, 6.07) is 6.46. The first-order valence-corrected chi connectivity index (χ1v) is 6.18. The zero-order valence-corrected chi connectivity index (χ0v) is 11.0. The van der Waals surface area contributed by atoms with Gasteiger partial charge < -0.3 is 15.2 Å². The Hall–Kier alpha value is -2.04. The summed E-state index contributed by atoms with van der Waals surface area (Å²) in [5.74, 6) is -0.509. The second kappa shape index (κ2) is 4.91. The third-order valence-electron chi connectivity index (χ3n) is 3.55. The number of carbonyl (C=O) groups excluding carboxylic acids is 1. The van der Waals surface area contributed by atoms with Gasteiger partial charge in [0.05, 0.1) is 12.5 Å². The smallest absolute Gasteiger partial charge is 0.325 e. The van der Waals surface area contributed by atoms with E-state index < -0.39 is 17.4 Å². The number of aliphatic carboxylic acids is 1. The molecule has 2 rings (SSSR count). The highest BCUT2D eigenvalue weighted by molar-refractivity contribution is 5.93. The number of carboxylic acids is 1. The summed E-state index contributed by atoms with van der Waals surface area (Å²) >= 11 is 0. The van der Waals surface area contributed by atoms with E-state index in [1.54, 1.807) is 7.11 Å². The summed E-state index contributed by atoms with van der Waals surface area (Å²) in [6.45, 7) is 1.46. The van der Waals surface area contributed by atoms with Gasteiger partial charge in [-0.25, -0.2) is 0 Å². The van der Waals surface area contributed by atoms with Gasteiger partial charge in [0.1, 0.15) is 11.8 Å². The fraction of sp³-hybridized carbons (Fsp3) is 0.429. The van der Waals surface area contributed by atoms with Crippen molar-refractivity contribution in [3.63, 3.8) is 0 Å². The SMILES string of the molecule is COc1ccc(C2(C(=O)NC(C)C(=O)O)CC2)cc1. The molecular weight excluding hydrogens is 246 g/mol. The maximum Gasteiger partial charge on any atom is 0.325 e. The van der Waals surface area contributed by atoms with Crippen molar-refractivity contribution in [2.75, 3.05) is 7.11 Å². The Balaban J connectivity index is 2.13. The van der Waals surface area contributed by atoms with Gasteiger partial charge >= 0.3 is 5.97 Å². The minimum atomic E-state index is -1.03. The van der Waals surface area contributed by atoms with Gasteiger partial charge in [0.25, 0.3) is 0 Å². The molecule has 2 N–H and O–H groups in total. The fourth-order valence-electron chi connectivity index (χ4n) is 2.08. The lowest BCUT2D eigenvalue weighted by atomic mass is 9.94. The molecule has 0 radical (unpaired) electrons. The van der Waals surface area contributed by atoms with E-state index in [1.165, 1.54) is 6.92 Å². The van der Waals surface area contributed by atoms with Crippen LogP contribution in [0, 0.1) is 0 Å². The maximum absolute atomic E-state index is 12.2. The molecule has 5 nitrogen and oxygen atoms in total. The van der Waals surface area contributed by atoms with Gasteiger partial charge in [0, 0.05) is 0 Å². The number of nitrogens with one attached hydrogen (secondary N) is 1. The highest BCUT2D eigenvalue weighted by Crippen LogP contribution is 2.48. The van der Waals surface area contributed by atoms with Gasteiger partial charge in [-0.3, -0.25) is 9.59 Å². The standard InChI is InChI=1S/C14H17NO4/c1-9(12(16)17)15-13(18)14(7-8-14)10-3-5-11(19-2)6-4-10/h3-6,9H,7-8H2,1-2H3,(H,15,18)(H,16,17). The van der Waals surface area contributed by atoms with Crippen molar-refractivity contribution in [2.45, 2.75) is 31.2 Å². The molecule has 1 aliphatic carbocycles. The Kier molecular flexibility index (Phi) is 3.46. The summed E-state index contributed by atoms with van der Waals surface area (Å²) in [7, 11) is 1.59. The number of benzene rings is 1. The number of hydrogen-bond donors (Lipinski definition) is 2. The third kappa shape index (κ3) is 2.54. The topological polar surface area (TPSA) is 75.6 Å². The average Bonchev–Trinajstić information content (AvgIpc) is 3.20. The van der Waals surface area contributed by atoms with Crippen molar-refractivity contribution in [1.29, 1.82) is 0 Å². The first-order valence-electron chi connectivity index (χ1n) is 6.18. The molecule has 0 aliphatic heterocycles. The van der Waals surface area contributed by atoms with E-state index in [0.717, 1.165) is 24.2 Å². The lowest BCUT2D eigenvalue weighted by molar-refractivity contribution is -0.141. The monoisotopic (exact) mass is 263 g/mol. The van der Waals surface area contributed by atoms with E-state index >= 15 is 0 Å². The summed E-state index contributed by atoms with van der Waals surface area (Å²) in [5, 5.41) is 11.4. The second-order valence-electron chi connectivity index (χ2n) is 4.84. The molecule has 0 spiro atoms. The number of carbonyl (C=O) groups is 2. The molecule has 1 atom stereocenters. The first-order chi connectivity index (χ1) is 8.99. The van der Waals surface area contributed by atoms with Crippen LogP contribution in [0.3, 0.4) is 0 Å². The Morgan fingerprint density at radius 3 is 2.32 bits per heavy atom. The van der Waals surface area contributed by atoms with Gasteiger partial charge in [-0.15, -0.1) is 0 Å². The van der Waals surface area contributed by atoms with Crippen LogP contribution in [0.15, 0.2) is 24.3 Å². The summed E-state index contributed by atoms with van der Waals surface area (Å²) in [5.41, 5.74) is 0.346. The number of hydrogen-bond acceptors (Lipinski definition) is 3. The van der Waals surface area contributed by atoms with E-state index in [4.69, 9.17) is 9.84 Å². The van der Waals surface area contributed by atoms with Crippen LogP contribution in [0.25, 0.3) is 0 Å². The van der Waals surface area contributed by atoms with Crippen molar-refractivity contribution < 1.29 is 19.4 Å². The Morgan fingerprint density at radius 1 is 1.32 bits per heavy atom. The zero-order chi connectivity index (χ0) is 14.0. The van der Waals surface area contributed by atoms with Gasteiger partial charge in [0.2, 0.25) is 5.91 Å². The molecule has 5 heteroatoms. The number of amides is 1. The van der Waals surface area contributed by atoms with Gasteiger partial charge in [-0.1, -0.05) is 12.1 Å². The molecule has 1 saturated carbocycles. The molecule has 1 aromatic rings. The molecule has 0 saturated heterocycles. The van der Waals surface area contributed by atoms with Crippen LogP contribution in [0.1, 0.15) is 25.3 Å². The van der Waals surface area contributed by atoms with E-state index in [2.05, 4.69) is 5.32 Å². The van der Waals surface area contributed by atoms with Crippen LogP contribution in [-0.2, 0) is 15.0 Å². The molecule has 1 unspecified atom stereocenters. The van der Waals surface area contributed by atoms with Crippen molar-refractivity contribution in [1.82, 2.24) is 5.32 Å². The van der Waals surface area contributed by atoms with Crippen LogP contribution >= 0.6 is 0 Å². The normalized spacial score (nSPS) is 17.4. The van der Waals surface area contributed by atoms with Crippen LogP contribution in [0.2, 0.25) is 0 Å². The van der Waals surface area contributed by atoms with Crippen molar-refractivity contribution in [3.8, 4) is 5.75 Å². The third-order valence-corrected chi connectivity index (χ3v) is 3.55. The highest BCUT2D eigenvalue weighted by atomic mass is 16.5. The highest BCUT2D eigenvalue weighted by Gasteiger charge is 2.51. The van der Waals surface area contributed by atoms with Gasteiger partial charge in [-0.2, -0.15) is 0 Å². The second-order valence-corrected chi connectivity index (χ2v) is 4.84. The lowest BCUT2D eigenvalue weighted by Crippen LogP contribution is -2.43. The van der Waals surface area contributed by atoms with E-state index in [-0.39, 0.29) is 5.91 Å². The summed E-state index contributed by atoms with van der Waals surface area (Å²) in [6.07, 6.45) is 1.50. The maximum atomic E-state index is 12.2. The molecule has 0 aromatic heterocycles. The quantitative estimate of drug-likeness (QED) is 0.840. The minimum Gasteiger partial charge on any atom is -0.497 e. The molecule has 1 fully saturated rings. The minimum absolute atomic E-state index is 0.215. The van der Waals surface area contributed by atoms with Crippen LogP contribution in [-0.4, -0.2) is 30.1 Å². The molecule has 1 aliphatic rings. The lowest BCUT2D eigenvalue weighted by Gasteiger charge is -2.18. The zero-order valence-electron chi connectivity index (χ0n) is 11.0. The molecule has 0 heterocycles. The van der Waals surface area contributed by atoms with Gasteiger partial charge in [-0.05, 0) is 37.5 Å². The van der Waals surface area contributed by atoms with Crippen molar-refractivity contribution in [3.05, 3.63) is 29.8 Å². The van der Waals surface area contributed by atoms with E-state index in [1.807, 2.05) is 24.3 Å². The first kappa shape index (κ1) is 13.4. The van der Waals surface area contributed by atoms with Crippen molar-refractivity contribution >= 4 is 11.9 Å². The number of ether oxygens (including phenoxy) is 1. The number of rotatable bonds is 5. The molecule has 1 aromatic carbocycles. The fourth-order valence-corrected chi connectivity index (χ4v) is 2.08. The molecule has 1 amide bonds. The average molecular weight is 263 g/mol. The molecule has 19 heavy (non-hydrogen) atoms. The predicted molar refractivity (Wildman–Crippen MR) is 69.1 cm³/mol. The summed E-state index contributed by atoms with van der Waals surface area (Å²) in [4.78, 5) is 23.0. The number of methoxy groups -OCH3 is 1. The molecule has 0 bridgehead atoms. The van der Waals surface area contributed by atoms with Crippen LogP contribution < -0.4 is 10.1 Å². The Bertz CT molecular complexity index is 491. The van der Waals surface area contributed by atoms with Gasteiger partial charge in [0.15, 0.2) is 0 Å².